The second-order valence-corrected chi connectivity index (χ2v) is 5.25. The Balaban J connectivity index is 2.19. The Morgan fingerprint density at radius 1 is 1.10 bits per heavy atom. The lowest BCUT2D eigenvalue weighted by atomic mass is 9.95. The van der Waals surface area contributed by atoms with Gasteiger partial charge in [0.15, 0.2) is 0 Å². The van der Waals surface area contributed by atoms with Gasteiger partial charge in [0.1, 0.15) is 5.78 Å². The summed E-state index contributed by atoms with van der Waals surface area (Å²) in [6.45, 7) is -0.154. The summed E-state index contributed by atoms with van der Waals surface area (Å²) in [5, 5.41) is 0. The highest BCUT2D eigenvalue weighted by Crippen LogP contribution is 2.40. The molecule has 1 amide bonds. The van der Waals surface area contributed by atoms with E-state index in [0.717, 1.165) is 0 Å². The van der Waals surface area contributed by atoms with Gasteiger partial charge in [-0.2, -0.15) is 22.0 Å². The van der Waals surface area contributed by atoms with E-state index in [1.165, 1.54) is 0 Å². The van der Waals surface area contributed by atoms with Gasteiger partial charge in [-0.05, 0) is 25.7 Å². The van der Waals surface area contributed by atoms with Crippen LogP contribution in [0.2, 0.25) is 0 Å². The maximum Gasteiger partial charge on any atom is 0.463 e. The minimum Gasteiger partial charge on any atom is -0.333 e. The molecule has 1 aliphatic heterocycles. The van der Waals surface area contributed by atoms with Gasteiger partial charge in [0.25, 0.3) is 0 Å². The first kappa shape index (κ1) is 15.2. The molecule has 114 valence electrons. The summed E-state index contributed by atoms with van der Waals surface area (Å²) >= 11 is 0. The van der Waals surface area contributed by atoms with E-state index in [1.54, 1.807) is 0 Å². The first-order valence-electron chi connectivity index (χ1n) is 6.44. The van der Waals surface area contributed by atoms with E-state index in [4.69, 9.17) is 0 Å². The molecule has 20 heavy (non-hydrogen) atoms. The lowest BCUT2D eigenvalue weighted by Gasteiger charge is -2.31. The normalized spacial score (nSPS) is 28.2. The molecular formula is C12H14F5NO2. The number of halogens is 5. The van der Waals surface area contributed by atoms with Gasteiger partial charge in [0.05, 0.1) is 0 Å². The molecule has 2 fully saturated rings. The Hall–Kier alpha value is -1.21. The minimum absolute atomic E-state index is 0.148. The Kier molecular flexibility index (Phi) is 3.77. The van der Waals surface area contributed by atoms with Gasteiger partial charge < -0.3 is 4.90 Å². The summed E-state index contributed by atoms with van der Waals surface area (Å²) in [6, 6.07) is -0.814. The van der Waals surface area contributed by atoms with Crippen LogP contribution in [0.1, 0.15) is 32.1 Å². The summed E-state index contributed by atoms with van der Waals surface area (Å²) in [4.78, 5) is 23.7. The second-order valence-electron chi connectivity index (χ2n) is 5.25. The highest BCUT2D eigenvalue weighted by atomic mass is 19.4. The Bertz CT molecular complexity index is 421. The van der Waals surface area contributed by atoms with Crippen LogP contribution in [0.4, 0.5) is 22.0 Å². The van der Waals surface area contributed by atoms with E-state index in [9.17, 15) is 31.5 Å². The number of nitrogens with zero attached hydrogens (tertiary/aromatic N) is 1. The number of rotatable bonds is 2. The quantitative estimate of drug-likeness (QED) is 0.735. The van der Waals surface area contributed by atoms with Crippen molar-refractivity contribution in [2.24, 2.45) is 5.92 Å². The molecule has 2 atom stereocenters. The fourth-order valence-electron chi connectivity index (χ4n) is 3.01. The van der Waals surface area contributed by atoms with Crippen molar-refractivity contribution >= 4 is 11.7 Å². The molecular weight excluding hydrogens is 285 g/mol. The van der Waals surface area contributed by atoms with Gasteiger partial charge in [0.2, 0.25) is 0 Å². The summed E-state index contributed by atoms with van der Waals surface area (Å²) in [6.07, 6.45) is -3.91. The van der Waals surface area contributed by atoms with Gasteiger partial charge >= 0.3 is 18.0 Å². The van der Waals surface area contributed by atoms with E-state index in [2.05, 4.69) is 0 Å². The molecule has 0 radical (unpaired) electrons. The number of Topliss-reactive ketones (excluding diaryl/α,β-unsaturated/α-hetero) is 1. The SMILES string of the molecule is O=C1CCCC1C1CCCN1C(=O)C(F)(F)C(F)(F)F. The smallest absolute Gasteiger partial charge is 0.333 e. The molecule has 2 aliphatic rings. The monoisotopic (exact) mass is 299 g/mol. The molecule has 0 N–H and O–H groups in total. The average molecular weight is 299 g/mol. The maximum absolute atomic E-state index is 13.1. The molecule has 1 aliphatic carbocycles. The van der Waals surface area contributed by atoms with Crippen molar-refractivity contribution in [3.05, 3.63) is 0 Å². The zero-order valence-electron chi connectivity index (χ0n) is 10.6. The number of amides is 1. The molecule has 0 spiro atoms. The number of likely N-dealkylation sites (tertiary alicyclic amines) is 1. The maximum atomic E-state index is 13.1. The van der Waals surface area contributed by atoms with Crippen molar-refractivity contribution in [1.29, 1.82) is 0 Å². The van der Waals surface area contributed by atoms with Crippen LogP contribution in [0.25, 0.3) is 0 Å². The summed E-state index contributed by atoms with van der Waals surface area (Å²) in [5.41, 5.74) is 0. The van der Waals surface area contributed by atoms with E-state index in [0.29, 0.717) is 37.0 Å². The van der Waals surface area contributed by atoms with E-state index < -0.39 is 30.0 Å². The fourth-order valence-corrected chi connectivity index (χ4v) is 3.01. The van der Waals surface area contributed by atoms with E-state index in [-0.39, 0.29) is 12.3 Å². The van der Waals surface area contributed by atoms with Gasteiger partial charge in [-0.1, -0.05) is 0 Å². The molecule has 2 unspecified atom stereocenters. The Morgan fingerprint density at radius 2 is 1.75 bits per heavy atom. The fraction of sp³-hybridized carbons (Fsp3) is 0.833. The number of hydrogen-bond acceptors (Lipinski definition) is 2. The molecule has 0 bridgehead atoms. The first-order valence-corrected chi connectivity index (χ1v) is 6.44. The summed E-state index contributed by atoms with van der Waals surface area (Å²) in [5.74, 6) is -8.36. The minimum atomic E-state index is -5.91. The van der Waals surface area contributed by atoms with E-state index >= 15 is 0 Å². The molecule has 1 saturated heterocycles. The number of hydrogen-bond donors (Lipinski definition) is 0. The van der Waals surface area contributed by atoms with Crippen molar-refractivity contribution < 1.29 is 31.5 Å². The van der Waals surface area contributed by atoms with Crippen LogP contribution in [-0.4, -0.2) is 41.3 Å². The second kappa shape index (κ2) is 4.96. The average Bonchev–Trinajstić information content (AvgIpc) is 2.94. The Morgan fingerprint density at radius 3 is 2.25 bits per heavy atom. The molecule has 0 aromatic carbocycles. The van der Waals surface area contributed by atoms with Crippen molar-refractivity contribution in [3.8, 4) is 0 Å². The third-order valence-corrected chi connectivity index (χ3v) is 4.00. The number of carbonyl (C=O) groups is 2. The van der Waals surface area contributed by atoms with Crippen LogP contribution < -0.4 is 0 Å². The van der Waals surface area contributed by atoms with Crippen molar-refractivity contribution in [1.82, 2.24) is 4.90 Å². The molecule has 1 heterocycles. The van der Waals surface area contributed by atoms with Crippen molar-refractivity contribution in [3.63, 3.8) is 0 Å². The van der Waals surface area contributed by atoms with Crippen LogP contribution >= 0.6 is 0 Å². The van der Waals surface area contributed by atoms with Crippen LogP contribution in [-0.2, 0) is 9.59 Å². The lowest BCUT2D eigenvalue weighted by Crippen LogP contribution is -2.54. The van der Waals surface area contributed by atoms with Crippen LogP contribution in [0.3, 0.4) is 0 Å². The first-order chi connectivity index (χ1) is 9.16. The summed E-state index contributed by atoms with van der Waals surface area (Å²) in [7, 11) is 0. The van der Waals surface area contributed by atoms with Gasteiger partial charge in [-0.3, -0.25) is 9.59 Å². The van der Waals surface area contributed by atoms with Gasteiger partial charge in [-0.15, -0.1) is 0 Å². The third-order valence-electron chi connectivity index (χ3n) is 4.00. The molecule has 3 nitrogen and oxygen atoms in total. The van der Waals surface area contributed by atoms with Crippen molar-refractivity contribution in [2.45, 2.75) is 50.2 Å². The molecule has 0 aromatic rings. The predicted octanol–water partition coefficient (Wildman–Crippen LogP) is 2.54. The standard InChI is InChI=1S/C12H14F5NO2/c13-11(14,12(15,16)17)10(20)18-6-2-4-8(18)7-3-1-5-9(7)19/h7-8H,1-6H2. The number of alkyl halides is 5. The molecule has 0 aromatic heterocycles. The topological polar surface area (TPSA) is 37.4 Å². The Labute approximate surface area is 112 Å². The number of carbonyl (C=O) groups excluding carboxylic acids is 2. The van der Waals surface area contributed by atoms with Gasteiger partial charge in [-0.25, -0.2) is 0 Å². The van der Waals surface area contributed by atoms with Crippen LogP contribution in [0.15, 0.2) is 0 Å². The zero-order valence-corrected chi connectivity index (χ0v) is 10.6. The van der Waals surface area contributed by atoms with Crippen LogP contribution in [0.5, 0.6) is 0 Å². The third kappa shape index (κ3) is 2.40. The highest BCUT2D eigenvalue weighted by molar-refractivity contribution is 5.87. The predicted molar refractivity (Wildman–Crippen MR) is 58.1 cm³/mol. The molecule has 1 saturated carbocycles. The largest absolute Gasteiger partial charge is 0.463 e. The molecule has 8 heteroatoms. The lowest BCUT2D eigenvalue weighted by molar-refractivity contribution is -0.274. The zero-order chi connectivity index (χ0) is 15.1. The van der Waals surface area contributed by atoms with E-state index in [1.807, 2.05) is 0 Å². The number of ketones is 1. The van der Waals surface area contributed by atoms with Crippen LogP contribution in [0, 0.1) is 5.92 Å². The molecule has 2 rings (SSSR count). The van der Waals surface area contributed by atoms with Crippen molar-refractivity contribution in [2.75, 3.05) is 6.54 Å². The highest BCUT2D eigenvalue weighted by Gasteiger charge is 2.65. The summed E-state index contributed by atoms with van der Waals surface area (Å²) < 4.78 is 63.0. The van der Waals surface area contributed by atoms with Gasteiger partial charge in [0, 0.05) is 24.9 Å².